The van der Waals surface area contributed by atoms with E-state index in [1.807, 2.05) is 19.1 Å². The number of aromatic nitrogens is 1. The van der Waals surface area contributed by atoms with Gasteiger partial charge in [0.05, 0.1) is 0 Å². The van der Waals surface area contributed by atoms with Gasteiger partial charge in [0.1, 0.15) is 0 Å². The van der Waals surface area contributed by atoms with Crippen LogP contribution < -0.4 is 28.2 Å². The number of hydrogen-bond acceptors (Lipinski definition) is 5. The summed E-state index contributed by atoms with van der Waals surface area (Å²) in [4.78, 5) is 7.27. The second kappa shape index (κ2) is 7.75. The molecule has 2 aliphatic rings. The molecule has 0 radical (unpaired) electrons. The van der Waals surface area contributed by atoms with Crippen LogP contribution in [-0.2, 0) is 6.42 Å². The van der Waals surface area contributed by atoms with E-state index in [9.17, 15) is 0 Å². The normalized spacial score (nSPS) is 16.3. The Morgan fingerprint density at radius 2 is 1.64 bits per heavy atom. The van der Waals surface area contributed by atoms with Crippen molar-refractivity contribution in [2.75, 3.05) is 19.6 Å². The minimum Gasteiger partial charge on any atom is -0.303 e. The number of hydrogen-bond donors (Lipinski definition) is 0. The van der Waals surface area contributed by atoms with Gasteiger partial charge >= 0.3 is 139 Å². The number of likely N-dealkylation sites (tertiary alicyclic amines) is 1. The molecule has 28 heavy (non-hydrogen) atoms. The zero-order valence-corrected chi connectivity index (χ0v) is 17.9. The predicted molar refractivity (Wildman–Crippen MR) is 103 cm³/mol. The molecular weight excluding hydrogens is 467 g/mol. The van der Waals surface area contributed by atoms with Crippen molar-refractivity contribution in [1.29, 1.82) is 0 Å². The van der Waals surface area contributed by atoms with Gasteiger partial charge in [0.15, 0.2) is 0 Å². The molecule has 0 unspecified atom stereocenters. The Balaban J connectivity index is 1.32. The van der Waals surface area contributed by atoms with E-state index in [0.29, 0.717) is 5.89 Å². The molecule has 3 aromatic rings. The Kier molecular flexibility index (Phi) is 4.98. The minimum atomic E-state index is -0.638. The van der Waals surface area contributed by atoms with Gasteiger partial charge in [-0.05, 0) is 25.9 Å². The van der Waals surface area contributed by atoms with Crippen LogP contribution in [0.25, 0.3) is 22.6 Å². The van der Waals surface area contributed by atoms with Crippen LogP contribution in [0.2, 0.25) is 0 Å². The summed E-state index contributed by atoms with van der Waals surface area (Å²) in [5.74, 6) is 3.33. The number of oxazole rings is 1. The summed E-state index contributed by atoms with van der Waals surface area (Å²) in [6.45, 7) is 5.51. The third kappa shape index (κ3) is 3.63. The molecule has 6 heteroatoms. The number of nitrogens with zero attached hydrogens (tertiary/aromatic N) is 2. The summed E-state index contributed by atoms with van der Waals surface area (Å²) in [7, 11) is 0. The Labute approximate surface area is 176 Å². The summed E-state index contributed by atoms with van der Waals surface area (Å²) < 4.78 is 17.0. The van der Waals surface area contributed by atoms with E-state index < -0.39 is 22.0 Å². The summed E-state index contributed by atoms with van der Waals surface area (Å²) in [6.07, 6.45) is 3.59. The Bertz CT molecular complexity index is 978. The second-order valence-electron chi connectivity index (χ2n) is 7.28. The molecule has 0 saturated carbocycles. The van der Waals surface area contributed by atoms with Crippen molar-refractivity contribution in [3.63, 3.8) is 0 Å². The van der Waals surface area contributed by atoms with Crippen molar-refractivity contribution in [1.82, 2.24) is 9.88 Å². The van der Waals surface area contributed by atoms with Gasteiger partial charge in [0, 0.05) is 6.54 Å². The van der Waals surface area contributed by atoms with Gasteiger partial charge in [-0.1, -0.05) is 0 Å². The summed E-state index contributed by atoms with van der Waals surface area (Å²) in [6, 6.07) is 14.4. The van der Waals surface area contributed by atoms with E-state index in [-0.39, 0.29) is 0 Å². The molecule has 1 saturated heterocycles. The Morgan fingerprint density at radius 1 is 0.929 bits per heavy atom. The van der Waals surface area contributed by atoms with Crippen LogP contribution in [0.4, 0.5) is 0 Å². The summed E-state index contributed by atoms with van der Waals surface area (Å²) >= 11 is -0.638. The molecule has 0 bridgehead atoms. The first-order valence-corrected chi connectivity index (χ1v) is 11.4. The van der Waals surface area contributed by atoms with E-state index >= 15 is 0 Å². The van der Waals surface area contributed by atoms with Crippen molar-refractivity contribution in [3.05, 3.63) is 53.9 Å². The monoisotopic (exact) mass is 489 g/mol. The Morgan fingerprint density at radius 3 is 2.46 bits per heavy atom. The van der Waals surface area contributed by atoms with Crippen LogP contribution >= 0.6 is 0 Å². The third-order valence-corrected chi connectivity index (χ3v) is 6.70. The average molecular weight is 489 g/mol. The molecule has 2 aliphatic heterocycles. The van der Waals surface area contributed by atoms with Gasteiger partial charge in [-0.3, -0.25) is 0 Å². The molecule has 0 aliphatic carbocycles. The fourth-order valence-corrected chi connectivity index (χ4v) is 4.94. The second-order valence-corrected chi connectivity index (χ2v) is 8.52. The molecule has 0 atom stereocenters. The van der Waals surface area contributed by atoms with Crippen LogP contribution in [0.1, 0.15) is 24.3 Å². The van der Waals surface area contributed by atoms with Crippen LogP contribution in [0.5, 0.6) is 11.5 Å². The van der Waals surface area contributed by atoms with Crippen LogP contribution in [0.15, 0.2) is 46.9 Å². The molecule has 1 aromatic heterocycles. The molecule has 146 valence electrons. The first kappa shape index (κ1) is 18.0. The number of halogens is 1. The van der Waals surface area contributed by atoms with E-state index in [4.69, 9.17) is 15.5 Å². The van der Waals surface area contributed by atoms with E-state index in [0.717, 1.165) is 52.6 Å². The molecule has 0 N–H and O–H groups in total. The third-order valence-electron chi connectivity index (χ3n) is 5.39. The molecule has 0 amide bonds. The number of aryl methyl sites for hydroxylation is 1. The van der Waals surface area contributed by atoms with Gasteiger partial charge < -0.3 is 4.90 Å². The molecule has 5 nitrogen and oxygen atoms in total. The van der Waals surface area contributed by atoms with E-state index in [2.05, 4.69) is 35.2 Å². The SMILES string of the molecule is Cc1oc(-c2ccc(-c3ccc4c(c3)O[I-]O4)cc2)nc1CCN1CCCC1. The topological polar surface area (TPSA) is 47.7 Å². The van der Waals surface area contributed by atoms with E-state index in [1.165, 1.54) is 25.9 Å². The molecular formula is C22H22IN2O3-. The van der Waals surface area contributed by atoms with Crippen LogP contribution in [0.3, 0.4) is 0 Å². The predicted octanol–water partition coefficient (Wildman–Crippen LogP) is 1.65. The van der Waals surface area contributed by atoms with Crippen molar-refractivity contribution in [2.24, 2.45) is 0 Å². The molecule has 0 spiro atoms. The van der Waals surface area contributed by atoms with Crippen LogP contribution in [0, 0.1) is 6.92 Å². The van der Waals surface area contributed by atoms with Crippen molar-refractivity contribution < 1.29 is 32.6 Å². The van der Waals surface area contributed by atoms with Crippen LogP contribution in [-0.4, -0.2) is 29.5 Å². The van der Waals surface area contributed by atoms with Gasteiger partial charge in [-0.25, -0.2) is 0 Å². The van der Waals surface area contributed by atoms with Crippen molar-refractivity contribution in [2.45, 2.75) is 26.2 Å². The fourth-order valence-electron chi connectivity index (χ4n) is 3.75. The first-order valence-electron chi connectivity index (χ1n) is 9.68. The fraction of sp³-hybridized carbons (Fsp3) is 0.318. The molecule has 3 heterocycles. The standard InChI is InChI=1S/C22H22IN2O3/c1-15-19(10-13-25-11-2-3-12-25)24-22(26-15)17-6-4-16(5-7-17)18-8-9-20-21(14-18)28-23-27-20/h4-9,14H,2-3,10-13H2,1H3/q-1. The number of rotatable bonds is 5. The smallest absolute Gasteiger partial charge is 0.303 e. The number of fused-ring (bicyclic) bond motifs is 1. The minimum absolute atomic E-state index is 0.638. The Hall–Kier alpha value is -2.06. The maximum absolute atomic E-state index is 5.96. The quantitative estimate of drug-likeness (QED) is 0.511. The van der Waals surface area contributed by atoms with E-state index in [1.54, 1.807) is 0 Å². The zero-order chi connectivity index (χ0) is 18.9. The van der Waals surface area contributed by atoms with Crippen molar-refractivity contribution in [3.8, 4) is 34.1 Å². The van der Waals surface area contributed by atoms with Gasteiger partial charge in [-0.15, -0.1) is 0 Å². The number of benzene rings is 2. The maximum atomic E-state index is 5.96. The first-order chi connectivity index (χ1) is 13.8. The van der Waals surface area contributed by atoms with Gasteiger partial charge in [-0.2, -0.15) is 0 Å². The molecule has 2 aromatic carbocycles. The molecule has 1 fully saturated rings. The van der Waals surface area contributed by atoms with Crippen molar-refractivity contribution >= 4 is 0 Å². The zero-order valence-electron chi connectivity index (χ0n) is 15.8. The average Bonchev–Trinajstić information content (AvgIpc) is 3.47. The summed E-state index contributed by atoms with van der Waals surface area (Å²) in [5.41, 5.74) is 4.34. The molecule has 5 rings (SSSR count). The van der Waals surface area contributed by atoms with Gasteiger partial charge in [0.25, 0.3) is 0 Å². The van der Waals surface area contributed by atoms with Gasteiger partial charge in [0.2, 0.25) is 0 Å². The summed E-state index contributed by atoms with van der Waals surface area (Å²) in [5, 5.41) is 0.